The third-order valence-corrected chi connectivity index (χ3v) is 2.71. The summed E-state index contributed by atoms with van der Waals surface area (Å²) in [6, 6.07) is 4.22. The maximum atomic E-state index is 11.8. The average Bonchev–Trinajstić information content (AvgIpc) is 2.35. The molecular formula is C13H17NO5. The second-order valence-corrected chi connectivity index (χ2v) is 4.76. The molecule has 0 aliphatic carbocycles. The molecule has 1 rings (SSSR count). The normalized spacial score (nSPS) is 10.9. The molecule has 0 saturated heterocycles. The molecule has 0 spiro atoms. The van der Waals surface area contributed by atoms with Gasteiger partial charge >= 0.3 is 5.97 Å². The summed E-state index contributed by atoms with van der Waals surface area (Å²) in [6.45, 7) is 3.02. The van der Waals surface area contributed by atoms with Gasteiger partial charge < -0.3 is 20.3 Å². The lowest BCUT2D eigenvalue weighted by Gasteiger charge is -2.19. The van der Waals surface area contributed by atoms with E-state index >= 15 is 0 Å². The third-order valence-electron chi connectivity index (χ3n) is 2.71. The highest BCUT2D eigenvalue weighted by atomic mass is 16.5. The molecule has 0 fully saturated rings. The Kier molecular flexibility index (Phi) is 4.37. The fourth-order valence-electron chi connectivity index (χ4n) is 1.31. The molecular weight excluding hydrogens is 250 g/mol. The van der Waals surface area contributed by atoms with Crippen LogP contribution in [0.3, 0.4) is 0 Å². The molecule has 1 aromatic rings. The van der Waals surface area contributed by atoms with Gasteiger partial charge in [-0.2, -0.15) is 0 Å². The zero-order chi connectivity index (χ0) is 14.6. The zero-order valence-electron chi connectivity index (χ0n) is 11.1. The molecule has 0 aromatic heterocycles. The van der Waals surface area contributed by atoms with Crippen LogP contribution in [-0.4, -0.2) is 35.7 Å². The monoisotopic (exact) mass is 267 g/mol. The van der Waals surface area contributed by atoms with E-state index in [0.29, 0.717) is 0 Å². The molecule has 6 heteroatoms. The van der Waals surface area contributed by atoms with Crippen LogP contribution in [0.25, 0.3) is 0 Å². The summed E-state index contributed by atoms with van der Waals surface area (Å²) >= 11 is 0. The number of carboxylic acids is 1. The molecule has 6 nitrogen and oxygen atoms in total. The predicted octanol–water partition coefficient (Wildman–Crippen LogP) is 1.24. The number of carbonyl (C=O) groups is 2. The Hall–Kier alpha value is -2.24. The summed E-state index contributed by atoms with van der Waals surface area (Å²) < 4.78 is 4.87. The molecule has 1 amide bonds. The van der Waals surface area contributed by atoms with E-state index in [1.54, 1.807) is 0 Å². The van der Waals surface area contributed by atoms with Crippen LogP contribution in [0, 0.1) is 5.41 Å². The van der Waals surface area contributed by atoms with E-state index in [1.165, 1.54) is 39.2 Å². The molecule has 0 unspecified atom stereocenters. The van der Waals surface area contributed by atoms with Crippen molar-refractivity contribution in [2.75, 3.05) is 13.7 Å². The van der Waals surface area contributed by atoms with Crippen LogP contribution in [0.5, 0.6) is 11.5 Å². The topological polar surface area (TPSA) is 95.9 Å². The second-order valence-electron chi connectivity index (χ2n) is 4.76. The highest BCUT2D eigenvalue weighted by Crippen LogP contribution is 2.26. The molecule has 0 saturated carbocycles. The minimum atomic E-state index is -1.05. The van der Waals surface area contributed by atoms with Crippen LogP contribution >= 0.6 is 0 Å². The van der Waals surface area contributed by atoms with Gasteiger partial charge in [0.05, 0.1) is 12.5 Å². The highest BCUT2D eigenvalue weighted by molar-refractivity contribution is 5.95. The lowest BCUT2D eigenvalue weighted by molar-refractivity contribution is -0.146. The Bertz CT molecular complexity index is 496. The van der Waals surface area contributed by atoms with E-state index in [-0.39, 0.29) is 23.6 Å². The number of amides is 1. The zero-order valence-corrected chi connectivity index (χ0v) is 11.1. The first kappa shape index (κ1) is 14.8. The number of methoxy groups -OCH3 is 1. The number of aliphatic carboxylic acids is 1. The quantitative estimate of drug-likeness (QED) is 0.746. The van der Waals surface area contributed by atoms with Gasteiger partial charge in [-0.15, -0.1) is 0 Å². The predicted molar refractivity (Wildman–Crippen MR) is 68.4 cm³/mol. The van der Waals surface area contributed by atoms with Crippen molar-refractivity contribution in [1.29, 1.82) is 0 Å². The molecule has 104 valence electrons. The maximum absolute atomic E-state index is 11.8. The number of rotatable bonds is 5. The summed E-state index contributed by atoms with van der Waals surface area (Å²) in [4.78, 5) is 22.7. The van der Waals surface area contributed by atoms with Crippen molar-refractivity contribution in [3.05, 3.63) is 23.8 Å². The third kappa shape index (κ3) is 3.61. The number of ether oxygens (including phenoxy) is 1. The summed E-state index contributed by atoms with van der Waals surface area (Å²) in [5.74, 6) is -1.33. The average molecular weight is 267 g/mol. The largest absolute Gasteiger partial charge is 0.504 e. The van der Waals surface area contributed by atoms with Crippen molar-refractivity contribution in [2.24, 2.45) is 5.41 Å². The number of carboxylic acid groups (broad SMARTS) is 1. The van der Waals surface area contributed by atoms with Crippen LogP contribution in [0.2, 0.25) is 0 Å². The van der Waals surface area contributed by atoms with Gasteiger partial charge in [-0.3, -0.25) is 9.59 Å². The van der Waals surface area contributed by atoms with Gasteiger partial charge in [0.15, 0.2) is 11.5 Å². The fraction of sp³-hybridized carbons (Fsp3) is 0.385. The number of hydrogen-bond acceptors (Lipinski definition) is 4. The van der Waals surface area contributed by atoms with Crippen LogP contribution in [0.1, 0.15) is 24.2 Å². The van der Waals surface area contributed by atoms with Gasteiger partial charge in [0.1, 0.15) is 0 Å². The molecule has 0 atom stereocenters. The van der Waals surface area contributed by atoms with E-state index < -0.39 is 17.3 Å². The Balaban J connectivity index is 2.74. The van der Waals surface area contributed by atoms with Crippen molar-refractivity contribution in [2.45, 2.75) is 13.8 Å². The minimum absolute atomic E-state index is 0.00599. The maximum Gasteiger partial charge on any atom is 0.310 e. The number of phenols is 1. The Morgan fingerprint density at radius 1 is 1.37 bits per heavy atom. The van der Waals surface area contributed by atoms with E-state index in [0.717, 1.165) is 0 Å². The van der Waals surface area contributed by atoms with Crippen molar-refractivity contribution < 1.29 is 24.5 Å². The SMILES string of the molecule is COc1ccc(C(=O)NCC(C)(C)C(=O)O)cc1O. The number of phenolic OH excluding ortho intramolecular Hbond substituents is 1. The van der Waals surface area contributed by atoms with E-state index in [1.807, 2.05) is 0 Å². The smallest absolute Gasteiger partial charge is 0.310 e. The van der Waals surface area contributed by atoms with Gasteiger partial charge in [0.25, 0.3) is 5.91 Å². The number of carbonyl (C=O) groups excluding carboxylic acids is 1. The van der Waals surface area contributed by atoms with Crippen LogP contribution in [0.15, 0.2) is 18.2 Å². The lowest BCUT2D eigenvalue weighted by atomic mass is 9.94. The molecule has 0 bridgehead atoms. The fourth-order valence-corrected chi connectivity index (χ4v) is 1.31. The van der Waals surface area contributed by atoms with Crippen molar-refractivity contribution in [3.63, 3.8) is 0 Å². The minimum Gasteiger partial charge on any atom is -0.504 e. The second kappa shape index (κ2) is 5.60. The van der Waals surface area contributed by atoms with Gasteiger partial charge in [-0.05, 0) is 32.0 Å². The molecule has 19 heavy (non-hydrogen) atoms. The lowest BCUT2D eigenvalue weighted by Crippen LogP contribution is -2.38. The Labute approximate surface area is 111 Å². The molecule has 3 N–H and O–H groups in total. The van der Waals surface area contributed by atoms with Gasteiger partial charge in [0.2, 0.25) is 0 Å². The first-order chi connectivity index (χ1) is 8.77. The van der Waals surface area contributed by atoms with E-state index in [9.17, 15) is 14.7 Å². The molecule has 0 aliphatic heterocycles. The summed E-state index contributed by atoms with van der Waals surface area (Å²) in [5, 5.41) is 21.0. The first-order valence-electron chi connectivity index (χ1n) is 5.66. The summed E-state index contributed by atoms with van der Waals surface area (Å²) in [5.41, 5.74) is -0.816. The van der Waals surface area contributed by atoms with Gasteiger partial charge in [0, 0.05) is 12.1 Å². The van der Waals surface area contributed by atoms with Crippen molar-refractivity contribution >= 4 is 11.9 Å². The van der Waals surface area contributed by atoms with Crippen LogP contribution in [0.4, 0.5) is 0 Å². The molecule has 0 heterocycles. The highest BCUT2D eigenvalue weighted by Gasteiger charge is 2.27. The van der Waals surface area contributed by atoms with Crippen molar-refractivity contribution in [3.8, 4) is 11.5 Å². The number of nitrogens with one attached hydrogen (secondary N) is 1. The standard InChI is InChI=1S/C13H17NO5/c1-13(2,12(17)18)7-14-11(16)8-4-5-10(19-3)9(15)6-8/h4-6,15H,7H2,1-3H3,(H,14,16)(H,17,18). The van der Waals surface area contributed by atoms with Gasteiger partial charge in [-0.1, -0.05) is 0 Å². The first-order valence-corrected chi connectivity index (χ1v) is 5.66. The number of aromatic hydroxyl groups is 1. The summed E-state index contributed by atoms with van der Waals surface area (Å²) in [7, 11) is 1.41. The van der Waals surface area contributed by atoms with Gasteiger partial charge in [-0.25, -0.2) is 0 Å². The number of hydrogen-bond donors (Lipinski definition) is 3. The number of benzene rings is 1. The van der Waals surface area contributed by atoms with E-state index in [4.69, 9.17) is 9.84 Å². The van der Waals surface area contributed by atoms with Crippen LogP contribution < -0.4 is 10.1 Å². The Morgan fingerprint density at radius 2 is 2.00 bits per heavy atom. The molecule has 0 aliphatic rings. The Morgan fingerprint density at radius 3 is 2.47 bits per heavy atom. The van der Waals surface area contributed by atoms with Crippen LogP contribution in [-0.2, 0) is 4.79 Å². The molecule has 1 aromatic carbocycles. The van der Waals surface area contributed by atoms with E-state index in [2.05, 4.69) is 5.32 Å². The summed E-state index contributed by atoms with van der Waals surface area (Å²) in [6.07, 6.45) is 0. The molecule has 0 radical (unpaired) electrons. The van der Waals surface area contributed by atoms with Crippen molar-refractivity contribution in [1.82, 2.24) is 5.32 Å².